The molecule has 8 nitrogen and oxygen atoms in total. The highest BCUT2D eigenvalue weighted by atomic mass is 32.2. The SMILES string of the molecule is COc1cc(NS(=O)(=O)c2ccc(NC(=O)C3CCC3)cc2)ncn1. The first-order chi connectivity index (χ1) is 12.0. The van der Waals surface area contributed by atoms with Crippen molar-refractivity contribution in [1.29, 1.82) is 0 Å². The Morgan fingerprint density at radius 1 is 1.20 bits per heavy atom. The molecule has 1 aromatic carbocycles. The van der Waals surface area contributed by atoms with E-state index in [4.69, 9.17) is 4.74 Å². The van der Waals surface area contributed by atoms with Crippen molar-refractivity contribution >= 4 is 27.4 Å². The lowest BCUT2D eigenvalue weighted by Crippen LogP contribution is -2.28. The maximum Gasteiger partial charge on any atom is 0.263 e. The average Bonchev–Trinajstić information content (AvgIpc) is 2.53. The maximum absolute atomic E-state index is 12.4. The van der Waals surface area contributed by atoms with E-state index in [-0.39, 0.29) is 28.4 Å². The fraction of sp³-hybridized carbons (Fsp3) is 0.312. The van der Waals surface area contributed by atoms with Crippen LogP contribution in [0.1, 0.15) is 19.3 Å². The van der Waals surface area contributed by atoms with Gasteiger partial charge in [-0.1, -0.05) is 6.42 Å². The standard InChI is InChI=1S/C16H18N4O4S/c1-24-15-9-14(17-10-18-15)20-25(22,23)13-7-5-12(6-8-13)19-16(21)11-3-2-4-11/h5-11H,2-4H2,1H3,(H,19,21)(H,17,18,20). The third-order valence-electron chi connectivity index (χ3n) is 4.00. The number of carbonyl (C=O) groups excluding carboxylic acids is 1. The van der Waals surface area contributed by atoms with Gasteiger partial charge >= 0.3 is 0 Å². The number of carbonyl (C=O) groups is 1. The number of nitrogens with one attached hydrogen (secondary N) is 2. The van der Waals surface area contributed by atoms with Crippen molar-refractivity contribution < 1.29 is 17.9 Å². The van der Waals surface area contributed by atoms with E-state index in [1.165, 1.54) is 31.6 Å². The number of anilines is 2. The Morgan fingerprint density at radius 2 is 1.92 bits per heavy atom. The largest absolute Gasteiger partial charge is 0.481 e. The van der Waals surface area contributed by atoms with Crippen molar-refractivity contribution in [2.24, 2.45) is 5.92 Å². The summed E-state index contributed by atoms with van der Waals surface area (Å²) in [5.41, 5.74) is 0.569. The number of sulfonamides is 1. The van der Waals surface area contributed by atoms with Crippen molar-refractivity contribution in [3.63, 3.8) is 0 Å². The smallest absolute Gasteiger partial charge is 0.263 e. The molecule has 1 aliphatic carbocycles. The summed E-state index contributed by atoms with van der Waals surface area (Å²) in [4.78, 5) is 19.6. The van der Waals surface area contributed by atoms with E-state index in [9.17, 15) is 13.2 Å². The number of hydrogen-bond acceptors (Lipinski definition) is 6. The quantitative estimate of drug-likeness (QED) is 0.813. The number of methoxy groups -OCH3 is 1. The van der Waals surface area contributed by atoms with Crippen LogP contribution in [0.3, 0.4) is 0 Å². The molecule has 25 heavy (non-hydrogen) atoms. The van der Waals surface area contributed by atoms with Crippen molar-refractivity contribution in [2.45, 2.75) is 24.2 Å². The molecule has 1 heterocycles. The Labute approximate surface area is 145 Å². The van der Waals surface area contributed by atoms with Crippen LogP contribution >= 0.6 is 0 Å². The van der Waals surface area contributed by atoms with E-state index in [2.05, 4.69) is 20.0 Å². The first-order valence-electron chi connectivity index (χ1n) is 7.78. The molecular formula is C16H18N4O4S. The van der Waals surface area contributed by atoms with E-state index >= 15 is 0 Å². The van der Waals surface area contributed by atoms with E-state index in [1.807, 2.05) is 0 Å². The van der Waals surface area contributed by atoms with E-state index in [0.29, 0.717) is 5.69 Å². The van der Waals surface area contributed by atoms with Crippen LogP contribution in [0, 0.1) is 5.92 Å². The van der Waals surface area contributed by atoms with E-state index in [0.717, 1.165) is 19.3 Å². The lowest BCUT2D eigenvalue weighted by Gasteiger charge is -2.24. The van der Waals surface area contributed by atoms with Crippen LogP contribution in [-0.4, -0.2) is 31.4 Å². The number of benzene rings is 1. The van der Waals surface area contributed by atoms with Gasteiger partial charge in [-0.2, -0.15) is 0 Å². The van der Waals surface area contributed by atoms with Gasteiger partial charge in [-0.05, 0) is 37.1 Å². The molecule has 0 aliphatic heterocycles. The topological polar surface area (TPSA) is 110 Å². The van der Waals surface area contributed by atoms with Gasteiger partial charge in [0.15, 0.2) is 0 Å². The number of hydrogen-bond donors (Lipinski definition) is 2. The molecule has 0 atom stereocenters. The molecule has 1 fully saturated rings. The summed E-state index contributed by atoms with van der Waals surface area (Å²) < 4.78 is 32.1. The molecular weight excluding hydrogens is 344 g/mol. The molecule has 1 amide bonds. The first-order valence-corrected chi connectivity index (χ1v) is 9.26. The van der Waals surface area contributed by atoms with Crippen LogP contribution in [0.4, 0.5) is 11.5 Å². The van der Waals surface area contributed by atoms with Crippen LogP contribution in [0.15, 0.2) is 41.6 Å². The highest BCUT2D eigenvalue weighted by molar-refractivity contribution is 7.92. The number of rotatable bonds is 6. The van der Waals surface area contributed by atoms with Gasteiger partial charge in [0.25, 0.3) is 10.0 Å². The summed E-state index contributed by atoms with van der Waals surface area (Å²) in [7, 11) is -2.37. The highest BCUT2D eigenvalue weighted by Gasteiger charge is 2.25. The third-order valence-corrected chi connectivity index (χ3v) is 5.37. The molecule has 2 N–H and O–H groups in total. The monoisotopic (exact) mass is 362 g/mol. The number of ether oxygens (including phenoxy) is 1. The summed E-state index contributed by atoms with van der Waals surface area (Å²) in [5, 5.41) is 2.80. The minimum Gasteiger partial charge on any atom is -0.481 e. The fourth-order valence-electron chi connectivity index (χ4n) is 2.34. The second kappa shape index (κ2) is 7.06. The molecule has 9 heteroatoms. The zero-order valence-electron chi connectivity index (χ0n) is 13.6. The van der Waals surface area contributed by atoms with Crippen molar-refractivity contribution in [3.8, 4) is 5.88 Å². The maximum atomic E-state index is 12.4. The van der Waals surface area contributed by atoms with Crippen LogP contribution in [-0.2, 0) is 14.8 Å². The van der Waals surface area contributed by atoms with Gasteiger partial charge in [0.1, 0.15) is 12.1 Å². The summed E-state index contributed by atoms with van der Waals surface area (Å²) in [6.07, 6.45) is 4.10. The zero-order valence-corrected chi connectivity index (χ0v) is 14.4. The Kier molecular flexibility index (Phi) is 4.84. The Morgan fingerprint density at radius 3 is 2.52 bits per heavy atom. The van der Waals surface area contributed by atoms with Crippen molar-refractivity contribution in [1.82, 2.24) is 9.97 Å². The fourth-order valence-corrected chi connectivity index (χ4v) is 3.33. The summed E-state index contributed by atoms with van der Waals surface area (Å²) >= 11 is 0. The van der Waals surface area contributed by atoms with Gasteiger partial charge in [-0.3, -0.25) is 9.52 Å². The molecule has 0 spiro atoms. The predicted octanol–water partition coefficient (Wildman–Crippen LogP) is 2.02. The molecule has 0 unspecified atom stereocenters. The van der Waals surface area contributed by atoms with Crippen LogP contribution in [0.5, 0.6) is 5.88 Å². The van der Waals surface area contributed by atoms with Gasteiger partial charge in [0, 0.05) is 17.7 Å². The Balaban J connectivity index is 1.70. The lowest BCUT2D eigenvalue weighted by molar-refractivity contribution is -0.122. The summed E-state index contributed by atoms with van der Waals surface area (Å²) in [6.45, 7) is 0. The molecule has 0 saturated heterocycles. The second-order valence-electron chi connectivity index (χ2n) is 5.69. The van der Waals surface area contributed by atoms with Crippen LogP contribution < -0.4 is 14.8 Å². The van der Waals surface area contributed by atoms with Gasteiger partial charge in [-0.25, -0.2) is 18.4 Å². The second-order valence-corrected chi connectivity index (χ2v) is 7.37. The van der Waals surface area contributed by atoms with Gasteiger partial charge in [0.05, 0.1) is 12.0 Å². The Hall–Kier alpha value is -2.68. The molecule has 2 aromatic rings. The molecule has 0 bridgehead atoms. The van der Waals surface area contributed by atoms with E-state index in [1.54, 1.807) is 12.1 Å². The molecule has 132 valence electrons. The molecule has 3 rings (SSSR count). The number of aromatic nitrogens is 2. The van der Waals surface area contributed by atoms with Crippen LogP contribution in [0.2, 0.25) is 0 Å². The molecule has 0 radical (unpaired) electrons. The normalized spacial score (nSPS) is 14.4. The van der Waals surface area contributed by atoms with Crippen LogP contribution in [0.25, 0.3) is 0 Å². The van der Waals surface area contributed by atoms with Crippen molar-refractivity contribution in [2.75, 3.05) is 17.1 Å². The molecule has 1 aromatic heterocycles. The minimum absolute atomic E-state index is 0.0203. The number of amides is 1. The summed E-state index contributed by atoms with van der Waals surface area (Å²) in [6, 6.07) is 7.36. The zero-order chi connectivity index (χ0) is 17.9. The molecule has 1 saturated carbocycles. The predicted molar refractivity (Wildman–Crippen MR) is 91.8 cm³/mol. The average molecular weight is 362 g/mol. The minimum atomic E-state index is -3.80. The first kappa shape index (κ1) is 17.2. The van der Waals surface area contributed by atoms with Crippen molar-refractivity contribution in [3.05, 3.63) is 36.7 Å². The third kappa shape index (κ3) is 4.05. The van der Waals surface area contributed by atoms with E-state index < -0.39 is 10.0 Å². The van der Waals surface area contributed by atoms with Gasteiger partial charge < -0.3 is 10.1 Å². The summed E-state index contributed by atoms with van der Waals surface area (Å²) in [5.74, 6) is 0.404. The lowest BCUT2D eigenvalue weighted by atomic mass is 9.85. The van der Waals surface area contributed by atoms with Gasteiger partial charge in [-0.15, -0.1) is 0 Å². The Bertz CT molecular complexity index is 864. The molecule has 1 aliphatic rings. The van der Waals surface area contributed by atoms with Gasteiger partial charge in [0.2, 0.25) is 11.8 Å². The number of nitrogens with zero attached hydrogens (tertiary/aromatic N) is 2. The highest BCUT2D eigenvalue weighted by Crippen LogP contribution is 2.27.